The Kier molecular flexibility index (Phi) is 6.74. The highest BCUT2D eigenvalue weighted by atomic mass is 32.1. The van der Waals surface area contributed by atoms with E-state index in [0.717, 1.165) is 29.3 Å². The van der Waals surface area contributed by atoms with Gasteiger partial charge in [-0.25, -0.2) is 0 Å². The zero-order valence-corrected chi connectivity index (χ0v) is 14.8. The Bertz CT molecular complexity index is 624. The van der Waals surface area contributed by atoms with E-state index in [0.29, 0.717) is 24.6 Å². The van der Waals surface area contributed by atoms with Crippen LogP contribution in [0.3, 0.4) is 0 Å². The number of nitrogens with one attached hydrogen (secondary N) is 1. The molecule has 0 unspecified atom stereocenters. The molecule has 0 aliphatic rings. The van der Waals surface area contributed by atoms with Crippen molar-refractivity contribution in [3.63, 3.8) is 0 Å². The predicted molar refractivity (Wildman–Crippen MR) is 94.9 cm³/mol. The van der Waals surface area contributed by atoms with Crippen LogP contribution in [0.5, 0.6) is 0 Å². The molecule has 1 N–H and O–H groups in total. The summed E-state index contributed by atoms with van der Waals surface area (Å²) >= 11 is 1.65. The molecule has 0 atom stereocenters. The van der Waals surface area contributed by atoms with E-state index in [-0.39, 0.29) is 5.91 Å². The van der Waals surface area contributed by atoms with E-state index in [9.17, 15) is 4.79 Å². The minimum absolute atomic E-state index is 0.0726. The summed E-state index contributed by atoms with van der Waals surface area (Å²) in [6, 6.07) is 7.78. The van der Waals surface area contributed by atoms with Gasteiger partial charge in [0.15, 0.2) is 0 Å². The predicted octanol–water partition coefficient (Wildman–Crippen LogP) is 3.91. The molecular weight excluding hydrogens is 308 g/mol. The molecule has 0 fully saturated rings. The highest BCUT2D eigenvalue weighted by Crippen LogP contribution is 2.23. The number of aromatic nitrogens is 1. The SMILES string of the molecule is Cc1nc(-c2cccs2)ccc1C(=O)NCCCOCC(C)C. The number of ether oxygens (including phenoxy) is 1. The van der Waals surface area contributed by atoms with Crippen molar-refractivity contribution >= 4 is 17.2 Å². The first kappa shape index (κ1) is 17.6. The number of amides is 1. The second-order valence-electron chi connectivity index (χ2n) is 5.88. The third-order valence-corrected chi connectivity index (χ3v) is 4.20. The van der Waals surface area contributed by atoms with Crippen LogP contribution >= 0.6 is 11.3 Å². The largest absolute Gasteiger partial charge is 0.381 e. The third-order valence-electron chi connectivity index (χ3n) is 3.31. The van der Waals surface area contributed by atoms with Crippen LogP contribution in [0, 0.1) is 12.8 Å². The van der Waals surface area contributed by atoms with E-state index in [1.54, 1.807) is 11.3 Å². The normalized spacial score (nSPS) is 11.0. The fraction of sp³-hybridized carbons (Fsp3) is 0.444. The third kappa shape index (κ3) is 5.44. The summed E-state index contributed by atoms with van der Waals surface area (Å²) in [7, 11) is 0. The average molecular weight is 332 g/mol. The highest BCUT2D eigenvalue weighted by molar-refractivity contribution is 7.13. The number of carbonyl (C=O) groups excluding carboxylic acids is 1. The van der Waals surface area contributed by atoms with Gasteiger partial charge in [0.25, 0.3) is 5.91 Å². The minimum Gasteiger partial charge on any atom is -0.381 e. The Morgan fingerprint density at radius 3 is 2.83 bits per heavy atom. The van der Waals surface area contributed by atoms with E-state index in [1.807, 2.05) is 36.6 Å². The Morgan fingerprint density at radius 1 is 1.35 bits per heavy atom. The van der Waals surface area contributed by atoms with Crippen molar-refractivity contribution in [3.05, 3.63) is 40.9 Å². The van der Waals surface area contributed by atoms with Crippen molar-refractivity contribution in [3.8, 4) is 10.6 Å². The van der Waals surface area contributed by atoms with Gasteiger partial charge < -0.3 is 10.1 Å². The maximum Gasteiger partial charge on any atom is 0.253 e. The summed E-state index contributed by atoms with van der Waals surface area (Å²) in [6.45, 7) is 8.17. The summed E-state index contributed by atoms with van der Waals surface area (Å²) in [5.41, 5.74) is 2.30. The molecule has 0 aromatic carbocycles. The van der Waals surface area contributed by atoms with Crippen LogP contribution in [0.4, 0.5) is 0 Å². The summed E-state index contributed by atoms with van der Waals surface area (Å²) in [4.78, 5) is 17.9. The molecule has 5 heteroatoms. The molecule has 2 aromatic heterocycles. The second-order valence-corrected chi connectivity index (χ2v) is 6.83. The first-order valence-electron chi connectivity index (χ1n) is 7.95. The number of thiophene rings is 1. The monoisotopic (exact) mass is 332 g/mol. The molecule has 124 valence electrons. The fourth-order valence-electron chi connectivity index (χ4n) is 2.15. The number of hydrogen-bond acceptors (Lipinski definition) is 4. The number of hydrogen-bond donors (Lipinski definition) is 1. The zero-order valence-electron chi connectivity index (χ0n) is 14.0. The molecule has 0 aliphatic carbocycles. The summed E-state index contributed by atoms with van der Waals surface area (Å²) in [5, 5.41) is 4.95. The van der Waals surface area contributed by atoms with Gasteiger partial charge in [-0.1, -0.05) is 19.9 Å². The molecule has 0 bridgehead atoms. The van der Waals surface area contributed by atoms with Gasteiger partial charge in [-0.15, -0.1) is 11.3 Å². The Morgan fingerprint density at radius 2 is 2.17 bits per heavy atom. The van der Waals surface area contributed by atoms with Crippen LogP contribution in [-0.2, 0) is 4.74 Å². The van der Waals surface area contributed by atoms with Crippen LogP contribution in [0.25, 0.3) is 10.6 Å². The van der Waals surface area contributed by atoms with Crippen molar-refractivity contribution < 1.29 is 9.53 Å². The van der Waals surface area contributed by atoms with Gasteiger partial charge in [0, 0.05) is 19.8 Å². The first-order valence-corrected chi connectivity index (χ1v) is 8.83. The van der Waals surface area contributed by atoms with Crippen molar-refractivity contribution in [1.29, 1.82) is 0 Å². The zero-order chi connectivity index (χ0) is 16.7. The van der Waals surface area contributed by atoms with Crippen LogP contribution in [0.1, 0.15) is 36.3 Å². The maximum absolute atomic E-state index is 12.2. The Labute approximate surface area is 141 Å². The highest BCUT2D eigenvalue weighted by Gasteiger charge is 2.11. The molecule has 23 heavy (non-hydrogen) atoms. The average Bonchev–Trinajstić information content (AvgIpc) is 3.04. The summed E-state index contributed by atoms with van der Waals surface area (Å²) in [6.07, 6.45) is 0.818. The molecule has 2 aromatic rings. The van der Waals surface area contributed by atoms with Gasteiger partial charge >= 0.3 is 0 Å². The van der Waals surface area contributed by atoms with E-state index in [4.69, 9.17) is 4.74 Å². The molecule has 0 spiro atoms. The molecular formula is C18H24N2O2S. The van der Waals surface area contributed by atoms with Gasteiger partial charge in [0.1, 0.15) is 0 Å². The quantitative estimate of drug-likeness (QED) is 0.746. The molecule has 0 saturated carbocycles. The van der Waals surface area contributed by atoms with E-state index < -0.39 is 0 Å². The lowest BCUT2D eigenvalue weighted by Crippen LogP contribution is -2.26. The van der Waals surface area contributed by atoms with E-state index >= 15 is 0 Å². The lowest BCUT2D eigenvalue weighted by Gasteiger charge is -2.09. The van der Waals surface area contributed by atoms with Crippen molar-refractivity contribution in [2.24, 2.45) is 5.92 Å². The number of carbonyl (C=O) groups is 1. The molecule has 2 rings (SSSR count). The van der Waals surface area contributed by atoms with Crippen LogP contribution in [-0.4, -0.2) is 30.6 Å². The standard InChI is InChI=1S/C18H24N2O2S/c1-13(2)12-22-10-5-9-19-18(21)15-7-8-16(20-14(15)3)17-6-4-11-23-17/h4,6-8,11,13H,5,9-10,12H2,1-3H3,(H,19,21). The van der Waals surface area contributed by atoms with Crippen LogP contribution in [0.15, 0.2) is 29.6 Å². The van der Waals surface area contributed by atoms with Crippen LogP contribution in [0.2, 0.25) is 0 Å². The minimum atomic E-state index is -0.0726. The van der Waals surface area contributed by atoms with Gasteiger partial charge in [0.2, 0.25) is 0 Å². The number of nitrogens with zero attached hydrogens (tertiary/aromatic N) is 1. The molecule has 4 nitrogen and oxygen atoms in total. The lowest BCUT2D eigenvalue weighted by atomic mass is 10.1. The molecule has 0 saturated heterocycles. The van der Waals surface area contributed by atoms with Crippen molar-refractivity contribution in [2.75, 3.05) is 19.8 Å². The Hall–Kier alpha value is -1.72. The topological polar surface area (TPSA) is 51.2 Å². The maximum atomic E-state index is 12.2. The van der Waals surface area contributed by atoms with Gasteiger partial charge in [0.05, 0.1) is 21.8 Å². The smallest absolute Gasteiger partial charge is 0.253 e. The second kappa shape index (κ2) is 8.79. The van der Waals surface area contributed by atoms with Gasteiger partial charge in [-0.05, 0) is 42.8 Å². The van der Waals surface area contributed by atoms with E-state index in [1.165, 1.54) is 0 Å². The van der Waals surface area contributed by atoms with Crippen LogP contribution < -0.4 is 5.32 Å². The Balaban J connectivity index is 1.83. The van der Waals surface area contributed by atoms with Gasteiger partial charge in [-0.2, -0.15) is 0 Å². The number of pyridine rings is 1. The van der Waals surface area contributed by atoms with E-state index in [2.05, 4.69) is 24.1 Å². The molecule has 0 aliphatic heterocycles. The number of rotatable bonds is 8. The summed E-state index contributed by atoms with van der Waals surface area (Å²) in [5.74, 6) is 0.469. The first-order chi connectivity index (χ1) is 11.1. The van der Waals surface area contributed by atoms with Gasteiger partial charge in [-0.3, -0.25) is 9.78 Å². The summed E-state index contributed by atoms with van der Waals surface area (Å²) < 4.78 is 5.50. The molecule has 2 heterocycles. The van der Waals surface area contributed by atoms with Crippen molar-refractivity contribution in [1.82, 2.24) is 10.3 Å². The fourth-order valence-corrected chi connectivity index (χ4v) is 2.85. The van der Waals surface area contributed by atoms with Crippen molar-refractivity contribution in [2.45, 2.75) is 27.2 Å². The molecule has 1 amide bonds. The number of aryl methyl sites for hydroxylation is 1. The lowest BCUT2D eigenvalue weighted by molar-refractivity contribution is 0.0924. The molecule has 0 radical (unpaired) electrons.